The van der Waals surface area contributed by atoms with Gasteiger partial charge in [-0.05, 0) is 24.0 Å². The Morgan fingerprint density at radius 1 is 1.38 bits per heavy atom. The third kappa shape index (κ3) is 3.93. The Hall–Kier alpha value is -2.37. The first-order valence-corrected chi connectivity index (χ1v) is 8.24. The number of amides is 2. The third-order valence-electron chi connectivity index (χ3n) is 4.45. The number of benzene rings is 1. The summed E-state index contributed by atoms with van der Waals surface area (Å²) in [6.07, 6.45) is 1.08. The van der Waals surface area contributed by atoms with Crippen molar-refractivity contribution in [3.05, 3.63) is 29.8 Å². The molecule has 130 valence electrons. The van der Waals surface area contributed by atoms with E-state index >= 15 is 0 Å². The number of ether oxygens (including phenoxy) is 1. The maximum atomic E-state index is 12.4. The van der Waals surface area contributed by atoms with Crippen LogP contribution in [-0.4, -0.2) is 38.0 Å². The normalized spacial score (nSPS) is 18.4. The second-order valence-electron chi connectivity index (χ2n) is 6.05. The smallest absolute Gasteiger partial charge is 0.311 e. The zero-order valence-electron chi connectivity index (χ0n) is 14.4. The minimum atomic E-state index is -0.535. The molecule has 1 aliphatic heterocycles. The van der Waals surface area contributed by atoms with Crippen LogP contribution in [0.5, 0.6) is 0 Å². The molecule has 1 fully saturated rings. The van der Waals surface area contributed by atoms with Gasteiger partial charge in [-0.15, -0.1) is 0 Å². The minimum absolute atomic E-state index is 0.0901. The van der Waals surface area contributed by atoms with Gasteiger partial charge in [0.15, 0.2) is 6.61 Å². The number of carbonyl (C=O) groups excluding carboxylic acids is 3. The minimum Gasteiger partial charge on any atom is -0.455 e. The van der Waals surface area contributed by atoms with Crippen molar-refractivity contribution in [3.8, 4) is 0 Å². The highest BCUT2D eigenvalue weighted by Gasteiger charge is 2.37. The number of esters is 1. The van der Waals surface area contributed by atoms with Gasteiger partial charge >= 0.3 is 5.97 Å². The molecule has 1 aromatic rings. The average Bonchev–Trinajstić information content (AvgIpc) is 3.00. The number of likely N-dealkylation sites (N-methyl/N-ethyl adjacent to an activating group) is 1. The molecule has 6 heteroatoms. The molecule has 1 aromatic carbocycles. The van der Waals surface area contributed by atoms with Gasteiger partial charge in [0.25, 0.3) is 5.91 Å². The Labute approximate surface area is 142 Å². The molecule has 0 radical (unpaired) electrons. The molecular formula is C18H24N2O4. The van der Waals surface area contributed by atoms with Crippen molar-refractivity contribution >= 4 is 23.5 Å². The molecule has 0 bridgehead atoms. The van der Waals surface area contributed by atoms with E-state index in [0.29, 0.717) is 12.5 Å². The van der Waals surface area contributed by atoms with Gasteiger partial charge in [0.1, 0.15) is 0 Å². The largest absolute Gasteiger partial charge is 0.455 e. The zero-order chi connectivity index (χ0) is 17.7. The van der Waals surface area contributed by atoms with Crippen molar-refractivity contribution < 1.29 is 19.1 Å². The van der Waals surface area contributed by atoms with E-state index in [4.69, 9.17) is 4.74 Å². The highest BCUT2D eigenvalue weighted by molar-refractivity contribution is 6.00. The molecule has 0 saturated carbocycles. The van der Waals surface area contributed by atoms with E-state index < -0.39 is 11.9 Å². The van der Waals surface area contributed by atoms with Crippen LogP contribution in [0.2, 0.25) is 0 Å². The van der Waals surface area contributed by atoms with E-state index in [-0.39, 0.29) is 24.8 Å². The average molecular weight is 332 g/mol. The van der Waals surface area contributed by atoms with Crippen LogP contribution in [0.4, 0.5) is 5.69 Å². The number of hydrogen-bond acceptors (Lipinski definition) is 4. The lowest BCUT2D eigenvalue weighted by molar-refractivity contribution is -0.152. The first-order valence-electron chi connectivity index (χ1n) is 8.24. The van der Waals surface area contributed by atoms with Crippen LogP contribution >= 0.6 is 0 Å². The maximum Gasteiger partial charge on any atom is 0.311 e. The second kappa shape index (κ2) is 7.95. The summed E-state index contributed by atoms with van der Waals surface area (Å²) in [6.45, 7) is 4.20. The summed E-state index contributed by atoms with van der Waals surface area (Å²) in [5.74, 6) is -1.17. The van der Waals surface area contributed by atoms with Crippen molar-refractivity contribution in [1.82, 2.24) is 5.32 Å². The van der Waals surface area contributed by atoms with E-state index in [1.54, 1.807) is 4.90 Å². The number of nitrogens with zero attached hydrogens (tertiary/aromatic N) is 1. The van der Waals surface area contributed by atoms with Gasteiger partial charge in [-0.25, -0.2) is 0 Å². The first-order chi connectivity index (χ1) is 11.5. The van der Waals surface area contributed by atoms with E-state index in [1.807, 2.05) is 24.3 Å². The molecule has 1 aliphatic rings. The Morgan fingerprint density at radius 3 is 2.75 bits per heavy atom. The van der Waals surface area contributed by atoms with E-state index in [9.17, 15) is 14.4 Å². The molecule has 6 nitrogen and oxygen atoms in total. The number of carbonyl (C=O) groups is 3. The fourth-order valence-corrected chi connectivity index (χ4v) is 2.79. The first kappa shape index (κ1) is 18.0. The van der Waals surface area contributed by atoms with Crippen LogP contribution in [0.1, 0.15) is 38.2 Å². The zero-order valence-corrected chi connectivity index (χ0v) is 14.4. The fourth-order valence-electron chi connectivity index (χ4n) is 2.79. The van der Waals surface area contributed by atoms with Gasteiger partial charge in [0.05, 0.1) is 5.92 Å². The van der Waals surface area contributed by atoms with Gasteiger partial charge < -0.3 is 15.0 Å². The van der Waals surface area contributed by atoms with Gasteiger partial charge in [-0.3, -0.25) is 14.4 Å². The molecular weight excluding hydrogens is 308 g/mol. The van der Waals surface area contributed by atoms with E-state index in [2.05, 4.69) is 19.2 Å². The molecule has 0 aromatic heterocycles. The number of rotatable bonds is 6. The molecule has 24 heavy (non-hydrogen) atoms. The summed E-state index contributed by atoms with van der Waals surface area (Å²) in [5.41, 5.74) is 1.96. The molecule has 2 amide bonds. The van der Waals surface area contributed by atoms with Crippen LogP contribution in [0, 0.1) is 5.92 Å². The third-order valence-corrected chi connectivity index (χ3v) is 4.45. The summed E-state index contributed by atoms with van der Waals surface area (Å²) in [7, 11) is 1.48. The van der Waals surface area contributed by atoms with Crippen LogP contribution in [0.3, 0.4) is 0 Å². The molecule has 0 spiro atoms. The highest BCUT2D eigenvalue weighted by atomic mass is 16.5. The Balaban J connectivity index is 2.10. The lowest BCUT2D eigenvalue weighted by Crippen LogP contribution is -2.30. The summed E-state index contributed by atoms with van der Waals surface area (Å²) in [6, 6.07) is 7.79. The van der Waals surface area contributed by atoms with Crippen molar-refractivity contribution in [2.75, 3.05) is 25.1 Å². The quantitative estimate of drug-likeness (QED) is 0.807. The molecule has 0 unspecified atom stereocenters. The van der Waals surface area contributed by atoms with Crippen molar-refractivity contribution in [2.45, 2.75) is 32.6 Å². The maximum absolute atomic E-state index is 12.4. The molecule has 1 saturated heterocycles. The van der Waals surface area contributed by atoms with Crippen molar-refractivity contribution in [2.24, 2.45) is 5.92 Å². The standard InChI is InChI=1S/C18H24N2O4/c1-4-12(2)14-7-5-6-8-15(14)20-10-13(9-17(20)22)18(23)24-11-16(21)19-3/h5-8,12-13H,4,9-11H2,1-3H3,(H,19,21)/t12-,13+/m1/s1. The van der Waals surface area contributed by atoms with Gasteiger partial charge in [-0.2, -0.15) is 0 Å². The lowest BCUT2D eigenvalue weighted by atomic mass is 9.96. The molecule has 0 aliphatic carbocycles. The SMILES string of the molecule is CC[C@@H](C)c1ccccc1N1C[C@@H](C(=O)OCC(=O)NC)CC1=O. The Morgan fingerprint density at radius 2 is 2.08 bits per heavy atom. The van der Waals surface area contributed by atoms with Gasteiger partial charge in [0.2, 0.25) is 5.91 Å². The molecule has 1 N–H and O–H groups in total. The van der Waals surface area contributed by atoms with E-state index in [1.165, 1.54) is 7.05 Å². The van der Waals surface area contributed by atoms with Gasteiger partial charge in [0, 0.05) is 25.7 Å². The summed E-state index contributed by atoms with van der Waals surface area (Å²) < 4.78 is 4.98. The highest BCUT2D eigenvalue weighted by Crippen LogP contribution is 2.33. The summed E-state index contributed by atoms with van der Waals surface area (Å²) in [4.78, 5) is 37.3. The summed E-state index contributed by atoms with van der Waals surface area (Å²) >= 11 is 0. The van der Waals surface area contributed by atoms with Crippen molar-refractivity contribution in [1.29, 1.82) is 0 Å². The fraction of sp³-hybridized carbons (Fsp3) is 0.500. The van der Waals surface area contributed by atoms with Crippen LogP contribution in [0.15, 0.2) is 24.3 Å². The molecule has 1 heterocycles. The summed E-state index contributed by atoms with van der Waals surface area (Å²) in [5, 5.41) is 2.39. The number of anilines is 1. The Bertz CT molecular complexity index is 629. The second-order valence-corrected chi connectivity index (χ2v) is 6.05. The number of hydrogen-bond donors (Lipinski definition) is 1. The van der Waals surface area contributed by atoms with Gasteiger partial charge in [-0.1, -0.05) is 32.0 Å². The number of para-hydroxylation sites is 1. The molecule has 2 atom stereocenters. The predicted octanol–water partition coefficient (Wildman–Crippen LogP) is 1.84. The van der Waals surface area contributed by atoms with Crippen LogP contribution in [-0.2, 0) is 19.1 Å². The topological polar surface area (TPSA) is 75.7 Å². The predicted molar refractivity (Wildman–Crippen MR) is 90.6 cm³/mol. The van der Waals surface area contributed by atoms with E-state index in [0.717, 1.165) is 17.7 Å². The van der Waals surface area contributed by atoms with Crippen LogP contribution < -0.4 is 10.2 Å². The lowest BCUT2D eigenvalue weighted by Gasteiger charge is -2.23. The Kier molecular flexibility index (Phi) is 5.95. The number of nitrogens with one attached hydrogen (secondary N) is 1. The van der Waals surface area contributed by atoms with Crippen LogP contribution in [0.25, 0.3) is 0 Å². The monoisotopic (exact) mass is 332 g/mol. The molecule has 2 rings (SSSR count). The van der Waals surface area contributed by atoms with Crippen molar-refractivity contribution in [3.63, 3.8) is 0 Å².